The normalized spacial score (nSPS) is 25.4. The standard InChI is InChI=1S/C25H28ClNO7/c1-14(28)23-22(15-9-20(29-3)24(30-4)21(10-15)34-26)16-11-18-19(32-13-31-18)12-17(16)33-25(23,2)27-7-5-6-8-27/h9-12,22-23H,5-8,13H2,1-4H3. The van der Waals surface area contributed by atoms with Gasteiger partial charge in [0.25, 0.3) is 0 Å². The van der Waals surface area contributed by atoms with Gasteiger partial charge in [-0.2, -0.15) is 0 Å². The number of ether oxygens (including phenoxy) is 5. The summed E-state index contributed by atoms with van der Waals surface area (Å²) in [6, 6.07) is 7.41. The number of carbonyl (C=O) groups is 1. The van der Waals surface area contributed by atoms with Crippen LogP contribution in [-0.2, 0) is 4.79 Å². The fourth-order valence-electron chi connectivity index (χ4n) is 5.64. The third-order valence-corrected chi connectivity index (χ3v) is 7.31. The molecule has 34 heavy (non-hydrogen) atoms. The van der Waals surface area contributed by atoms with Gasteiger partial charge in [-0.25, -0.2) is 0 Å². The number of nitrogens with zero attached hydrogens (tertiary/aromatic N) is 1. The molecule has 3 heterocycles. The summed E-state index contributed by atoms with van der Waals surface area (Å²) in [5.74, 6) is 2.16. The van der Waals surface area contributed by atoms with Crippen molar-refractivity contribution in [3.63, 3.8) is 0 Å². The van der Waals surface area contributed by atoms with Crippen molar-refractivity contribution in [1.29, 1.82) is 0 Å². The van der Waals surface area contributed by atoms with Gasteiger partial charge in [-0.15, -0.1) is 0 Å². The molecule has 182 valence electrons. The molecule has 1 saturated heterocycles. The number of methoxy groups -OCH3 is 2. The largest absolute Gasteiger partial charge is 0.493 e. The minimum absolute atomic E-state index is 0.0193. The van der Waals surface area contributed by atoms with Crippen LogP contribution in [0.1, 0.15) is 43.7 Å². The van der Waals surface area contributed by atoms with Crippen molar-refractivity contribution >= 4 is 17.6 Å². The smallest absolute Gasteiger partial charge is 0.231 e. The van der Waals surface area contributed by atoms with Gasteiger partial charge in [0.05, 0.1) is 20.1 Å². The summed E-state index contributed by atoms with van der Waals surface area (Å²) in [5.41, 5.74) is 0.763. The van der Waals surface area contributed by atoms with E-state index in [1.807, 2.05) is 25.1 Å². The predicted octanol–water partition coefficient (Wildman–Crippen LogP) is 4.51. The molecule has 0 amide bonds. The maximum absolute atomic E-state index is 13.4. The molecule has 0 aromatic heterocycles. The molecule has 3 aliphatic heterocycles. The fourth-order valence-corrected chi connectivity index (χ4v) is 5.75. The van der Waals surface area contributed by atoms with E-state index in [-0.39, 0.29) is 18.5 Å². The van der Waals surface area contributed by atoms with E-state index >= 15 is 0 Å². The van der Waals surface area contributed by atoms with Gasteiger partial charge in [-0.1, -0.05) is 0 Å². The Morgan fingerprint density at radius 1 is 1.03 bits per heavy atom. The molecule has 8 nitrogen and oxygen atoms in total. The number of fused-ring (bicyclic) bond motifs is 2. The van der Waals surface area contributed by atoms with Gasteiger partial charge < -0.3 is 28.0 Å². The summed E-state index contributed by atoms with van der Waals surface area (Å²) in [4.78, 5) is 15.6. The first-order valence-corrected chi connectivity index (χ1v) is 11.6. The van der Waals surface area contributed by atoms with Gasteiger partial charge >= 0.3 is 0 Å². The van der Waals surface area contributed by atoms with Crippen molar-refractivity contribution < 1.29 is 32.8 Å². The van der Waals surface area contributed by atoms with Gasteiger partial charge in [0.15, 0.2) is 28.7 Å². The molecule has 0 saturated carbocycles. The third kappa shape index (κ3) is 3.51. The second-order valence-electron chi connectivity index (χ2n) is 8.99. The highest BCUT2D eigenvalue weighted by Crippen LogP contribution is 2.55. The molecular weight excluding hydrogens is 462 g/mol. The van der Waals surface area contributed by atoms with E-state index in [9.17, 15) is 4.79 Å². The number of likely N-dealkylation sites (tertiary alicyclic amines) is 1. The van der Waals surface area contributed by atoms with Crippen LogP contribution in [0.15, 0.2) is 24.3 Å². The highest BCUT2D eigenvalue weighted by atomic mass is 35.5. The van der Waals surface area contributed by atoms with Crippen molar-refractivity contribution in [2.45, 2.75) is 38.3 Å². The lowest BCUT2D eigenvalue weighted by atomic mass is 9.71. The molecule has 0 bridgehead atoms. The average Bonchev–Trinajstić information content (AvgIpc) is 3.53. The third-order valence-electron chi connectivity index (χ3n) is 7.15. The molecule has 0 N–H and O–H groups in total. The molecule has 9 heteroatoms. The molecule has 0 spiro atoms. The van der Waals surface area contributed by atoms with Crippen LogP contribution in [0, 0.1) is 5.92 Å². The molecule has 0 aliphatic carbocycles. The van der Waals surface area contributed by atoms with Gasteiger partial charge in [0.2, 0.25) is 12.5 Å². The van der Waals surface area contributed by atoms with E-state index in [4.69, 9.17) is 39.8 Å². The Hall–Kier alpha value is -2.84. The lowest BCUT2D eigenvalue weighted by Crippen LogP contribution is -2.60. The summed E-state index contributed by atoms with van der Waals surface area (Å²) < 4.78 is 34.1. The van der Waals surface area contributed by atoms with E-state index in [0.717, 1.165) is 37.1 Å². The summed E-state index contributed by atoms with van der Waals surface area (Å²) in [5, 5.41) is 0. The summed E-state index contributed by atoms with van der Waals surface area (Å²) in [7, 11) is 3.07. The Balaban J connectivity index is 1.76. The van der Waals surface area contributed by atoms with Gasteiger partial charge in [-0.3, -0.25) is 9.69 Å². The first kappa shape index (κ1) is 22.9. The number of ketones is 1. The highest BCUT2D eigenvalue weighted by Gasteiger charge is 2.54. The second kappa shape index (κ2) is 8.74. The minimum Gasteiger partial charge on any atom is -0.493 e. The van der Waals surface area contributed by atoms with Crippen molar-refractivity contribution in [2.24, 2.45) is 5.92 Å². The highest BCUT2D eigenvalue weighted by molar-refractivity contribution is 6.09. The first-order chi connectivity index (χ1) is 16.4. The number of hydrogen-bond acceptors (Lipinski definition) is 8. The number of halogens is 1. The number of benzene rings is 2. The SMILES string of the molecule is COc1cc(C2c3cc4c(cc3OC(C)(N3CCCC3)C2C(C)=O)OCO4)cc(OCl)c1OC. The molecule has 3 aliphatic rings. The Bertz CT molecular complexity index is 1090. The molecule has 1 fully saturated rings. The zero-order valence-electron chi connectivity index (χ0n) is 19.7. The van der Waals surface area contributed by atoms with Crippen molar-refractivity contribution in [3.8, 4) is 34.5 Å². The molecular formula is C25H28ClNO7. The molecule has 3 atom stereocenters. The number of carbonyl (C=O) groups excluding carboxylic acids is 1. The van der Waals surface area contributed by atoms with E-state index in [1.165, 1.54) is 7.11 Å². The summed E-state index contributed by atoms with van der Waals surface area (Å²) >= 11 is 5.81. The average molecular weight is 490 g/mol. The Morgan fingerprint density at radius 3 is 2.32 bits per heavy atom. The van der Waals surface area contributed by atoms with Gasteiger partial charge in [0.1, 0.15) is 23.4 Å². The van der Waals surface area contributed by atoms with E-state index in [2.05, 4.69) is 4.90 Å². The van der Waals surface area contributed by atoms with Crippen molar-refractivity contribution in [1.82, 2.24) is 4.90 Å². The molecule has 5 rings (SSSR count). The lowest BCUT2D eigenvalue weighted by molar-refractivity contribution is -0.150. The summed E-state index contributed by atoms with van der Waals surface area (Å²) in [6.45, 7) is 5.48. The summed E-state index contributed by atoms with van der Waals surface area (Å²) in [6.07, 6.45) is 2.12. The van der Waals surface area contributed by atoms with Crippen LogP contribution < -0.4 is 28.0 Å². The molecule has 0 radical (unpaired) electrons. The monoisotopic (exact) mass is 489 g/mol. The molecule has 2 aromatic carbocycles. The zero-order chi connectivity index (χ0) is 24.0. The fraction of sp³-hybridized carbons (Fsp3) is 0.480. The maximum atomic E-state index is 13.4. The van der Waals surface area contributed by atoms with E-state index in [1.54, 1.807) is 20.1 Å². The van der Waals surface area contributed by atoms with Crippen molar-refractivity contribution in [3.05, 3.63) is 35.4 Å². The van der Waals surface area contributed by atoms with Crippen LogP contribution >= 0.6 is 11.9 Å². The number of hydrogen-bond donors (Lipinski definition) is 0. The Morgan fingerprint density at radius 2 is 1.71 bits per heavy atom. The van der Waals surface area contributed by atoms with Crippen LogP contribution in [0.2, 0.25) is 0 Å². The second-order valence-corrected chi connectivity index (χ2v) is 9.15. The van der Waals surface area contributed by atoms with Crippen molar-refractivity contribution in [2.75, 3.05) is 34.1 Å². The Labute approximate surface area is 203 Å². The predicted molar refractivity (Wildman–Crippen MR) is 124 cm³/mol. The molecule has 2 aromatic rings. The van der Waals surface area contributed by atoms with Crippen LogP contribution in [0.3, 0.4) is 0 Å². The quantitative estimate of drug-likeness (QED) is 0.587. The topological polar surface area (TPSA) is 75.7 Å². The number of Topliss-reactive ketones (excluding diaryl/α,β-unsaturated/α-hetero) is 1. The van der Waals surface area contributed by atoms with Crippen LogP contribution in [0.4, 0.5) is 0 Å². The first-order valence-electron chi connectivity index (χ1n) is 11.3. The van der Waals surface area contributed by atoms with E-state index in [0.29, 0.717) is 34.5 Å². The van der Waals surface area contributed by atoms with Crippen LogP contribution in [0.5, 0.6) is 34.5 Å². The Kier molecular flexibility index (Phi) is 5.90. The lowest BCUT2D eigenvalue weighted by Gasteiger charge is -2.50. The minimum atomic E-state index is -0.858. The van der Waals surface area contributed by atoms with Gasteiger partial charge in [-0.05, 0) is 50.5 Å². The van der Waals surface area contributed by atoms with Gasteiger partial charge in [0, 0.05) is 30.6 Å². The maximum Gasteiger partial charge on any atom is 0.231 e. The molecule has 3 unspecified atom stereocenters. The number of rotatable bonds is 6. The van der Waals surface area contributed by atoms with Crippen LogP contribution in [-0.4, -0.2) is 50.5 Å². The van der Waals surface area contributed by atoms with Crippen LogP contribution in [0.25, 0.3) is 0 Å². The zero-order valence-corrected chi connectivity index (χ0v) is 20.4. The van der Waals surface area contributed by atoms with E-state index < -0.39 is 11.6 Å².